The molecule has 8 nitrogen and oxygen atoms in total. The van der Waals surface area contributed by atoms with Gasteiger partial charge in [-0.2, -0.15) is 5.26 Å². The summed E-state index contributed by atoms with van der Waals surface area (Å²) in [5.41, 5.74) is 3.83. The van der Waals surface area contributed by atoms with Crippen molar-refractivity contribution in [3.63, 3.8) is 0 Å². The summed E-state index contributed by atoms with van der Waals surface area (Å²) in [4.78, 5) is 38.9. The van der Waals surface area contributed by atoms with Gasteiger partial charge in [-0.05, 0) is 35.1 Å². The fraction of sp³-hybridized carbons (Fsp3) is 0.407. The number of carbonyl (C=O) groups excluding carboxylic acids is 2. The minimum atomic E-state index is -1.08. The molecule has 0 saturated carbocycles. The Hall–Kier alpha value is -3.86. The van der Waals surface area contributed by atoms with E-state index in [0.717, 1.165) is 22.3 Å². The first-order valence-corrected chi connectivity index (χ1v) is 11.8. The zero-order valence-electron chi connectivity index (χ0n) is 19.9. The molecule has 1 fully saturated rings. The van der Waals surface area contributed by atoms with E-state index in [-0.39, 0.29) is 31.9 Å². The Bertz CT molecular complexity index is 1140. The van der Waals surface area contributed by atoms with Crippen LogP contribution in [0, 0.1) is 16.7 Å². The Labute approximate surface area is 204 Å². The van der Waals surface area contributed by atoms with E-state index >= 15 is 0 Å². The number of hydrogen-bond acceptors (Lipinski definition) is 5. The SMILES string of the molecule is CC1(C)CN(C(=O)C(CCCC#N)NC(=O)OCC2c3ccccc3-c3ccccc32)C1C(=O)O. The number of alkyl carbamates (subject to hydrolysis) is 1. The van der Waals surface area contributed by atoms with Crippen molar-refractivity contribution in [1.82, 2.24) is 10.2 Å². The molecule has 1 saturated heterocycles. The molecule has 2 aromatic rings. The molecule has 2 atom stereocenters. The van der Waals surface area contributed by atoms with Crippen molar-refractivity contribution < 1.29 is 24.2 Å². The lowest BCUT2D eigenvalue weighted by molar-refractivity contribution is -0.172. The highest BCUT2D eigenvalue weighted by atomic mass is 16.5. The molecule has 2 unspecified atom stereocenters. The second-order valence-electron chi connectivity index (χ2n) is 9.77. The molecule has 182 valence electrons. The minimum absolute atomic E-state index is 0.105. The van der Waals surface area contributed by atoms with Gasteiger partial charge in [0.15, 0.2) is 0 Å². The molecule has 35 heavy (non-hydrogen) atoms. The molecule has 4 rings (SSSR count). The quantitative estimate of drug-likeness (QED) is 0.559. The van der Waals surface area contributed by atoms with Crippen molar-refractivity contribution in [2.45, 2.75) is 51.1 Å². The highest BCUT2D eigenvalue weighted by molar-refractivity contribution is 5.91. The van der Waals surface area contributed by atoms with Crippen LogP contribution in [0.15, 0.2) is 48.5 Å². The van der Waals surface area contributed by atoms with Crippen LogP contribution in [-0.2, 0) is 14.3 Å². The third-order valence-corrected chi connectivity index (χ3v) is 6.86. The van der Waals surface area contributed by atoms with Gasteiger partial charge in [0, 0.05) is 24.3 Å². The Morgan fingerprint density at radius 2 is 1.74 bits per heavy atom. The molecular formula is C27H29N3O5. The van der Waals surface area contributed by atoms with Crippen molar-refractivity contribution in [3.8, 4) is 17.2 Å². The normalized spacial score (nSPS) is 18.4. The summed E-state index contributed by atoms with van der Waals surface area (Å²) in [5.74, 6) is -1.66. The number of nitrogens with zero attached hydrogens (tertiary/aromatic N) is 2. The minimum Gasteiger partial charge on any atom is -0.480 e. The topological polar surface area (TPSA) is 120 Å². The maximum Gasteiger partial charge on any atom is 0.407 e. The summed E-state index contributed by atoms with van der Waals surface area (Å²) >= 11 is 0. The highest BCUT2D eigenvalue weighted by Gasteiger charge is 2.53. The lowest BCUT2D eigenvalue weighted by Crippen LogP contribution is -2.69. The highest BCUT2D eigenvalue weighted by Crippen LogP contribution is 2.44. The first-order chi connectivity index (χ1) is 16.7. The van der Waals surface area contributed by atoms with E-state index in [4.69, 9.17) is 10.00 Å². The van der Waals surface area contributed by atoms with Crippen LogP contribution in [0.4, 0.5) is 4.79 Å². The summed E-state index contributed by atoms with van der Waals surface area (Å²) < 4.78 is 5.57. The second kappa shape index (κ2) is 9.79. The maximum absolute atomic E-state index is 13.2. The molecule has 0 spiro atoms. The van der Waals surface area contributed by atoms with Crippen LogP contribution in [0.1, 0.15) is 50.2 Å². The number of carboxylic acid groups (broad SMARTS) is 1. The number of ether oxygens (including phenoxy) is 1. The maximum atomic E-state index is 13.2. The van der Waals surface area contributed by atoms with Crippen molar-refractivity contribution in [1.29, 1.82) is 5.26 Å². The molecule has 2 amide bonds. The number of unbranched alkanes of at least 4 members (excludes halogenated alkanes) is 1. The number of carboxylic acids is 1. The van der Waals surface area contributed by atoms with Gasteiger partial charge in [-0.15, -0.1) is 0 Å². The third-order valence-electron chi connectivity index (χ3n) is 6.86. The molecule has 0 aromatic heterocycles. The van der Waals surface area contributed by atoms with E-state index in [1.165, 1.54) is 4.90 Å². The fourth-order valence-electron chi connectivity index (χ4n) is 5.22. The van der Waals surface area contributed by atoms with E-state index in [9.17, 15) is 19.5 Å². The van der Waals surface area contributed by atoms with Gasteiger partial charge in [0.25, 0.3) is 0 Å². The van der Waals surface area contributed by atoms with Crippen molar-refractivity contribution >= 4 is 18.0 Å². The molecule has 8 heteroatoms. The number of hydrogen-bond donors (Lipinski definition) is 2. The summed E-state index contributed by atoms with van der Waals surface area (Å²) in [7, 11) is 0. The number of benzene rings is 2. The van der Waals surface area contributed by atoms with Gasteiger partial charge in [0.05, 0.1) is 6.07 Å². The van der Waals surface area contributed by atoms with E-state index in [1.54, 1.807) is 13.8 Å². The van der Waals surface area contributed by atoms with E-state index in [1.807, 2.05) is 54.6 Å². The van der Waals surface area contributed by atoms with Crippen LogP contribution in [0.25, 0.3) is 11.1 Å². The number of aliphatic carboxylic acids is 1. The van der Waals surface area contributed by atoms with Gasteiger partial charge >= 0.3 is 12.1 Å². The fourth-order valence-corrected chi connectivity index (χ4v) is 5.22. The monoisotopic (exact) mass is 475 g/mol. The summed E-state index contributed by atoms with van der Waals surface area (Å²) in [6.07, 6.45) is 0.101. The molecule has 1 aliphatic heterocycles. The van der Waals surface area contributed by atoms with Crippen LogP contribution in [0.3, 0.4) is 0 Å². The van der Waals surface area contributed by atoms with Crippen LogP contribution in [0.5, 0.6) is 0 Å². The Morgan fingerprint density at radius 1 is 1.14 bits per heavy atom. The van der Waals surface area contributed by atoms with Crippen LogP contribution < -0.4 is 5.32 Å². The van der Waals surface area contributed by atoms with E-state index in [2.05, 4.69) is 5.32 Å². The van der Waals surface area contributed by atoms with Gasteiger partial charge in [-0.3, -0.25) is 4.79 Å². The largest absolute Gasteiger partial charge is 0.480 e. The Balaban J connectivity index is 1.44. The lowest BCUT2D eigenvalue weighted by Gasteiger charge is -2.52. The van der Waals surface area contributed by atoms with Crippen molar-refractivity contribution in [2.24, 2.45) is 5.41 Å². The molecule has 1 heterocycles. The molecule has 0 radical (unpaired) electrons. The van der Waals surface area contributed by atoms with Crippen molar-refractivity contribution in [2.75, 3.05) is 13.2 Å². The number of rotatable bonds is 8. The van der Waals surface area contributed by atoms with E-state index in [0.29, 0.717) is 6.42 Å². The predicted octanol–water partition coefficient (Wildman–Crippen LogP) is 3.91. The number of nitriles is 1. The average molecular weight is 476 g/mol. The predicted molar refractivity (Wildman–Crippen MR) is 128 cm³/mol. The van der Waals surface area contributed by atoms with Gasteiger partial charge in [0.2, 0.25) is 5.91 Å². The smallest absolute Gasteiger partial charge is 0.407 e. The molecule has 1 aliphatic carbocycles. The number of fused-ring (bicyclic) bond motifs is 3. The number of amides is 2. The number of nitrogens with one attached hydrogen (secondary N) is 1. The van der Waals surface area contributed by atoms with Gasteiger partial charge in [-0.25, -0.2) is 9.59 Å². The molecule has 0 bridgehead atoms. The van der Waals surface area contributed by atoms with Crippen LogP contribution in [0.2, 0.25) is 0 Å². The van der Waals surface area contributed by atoms with Gasteiger partial charge < -0.3 is 20.1 Å². The summed E-state index contributed by atoms with van der Waals surface area (Å²) in [5, 5.41) is 21.1. The number of carbonyl (C=O) groups is 3. The number of likely N-dealkylation sites (tertiary alicyclic amines) is 1. The molecule has 2 N–H and O–H groups in total. The summed E-state index contributed by atoms with van der Waals surface area (Å²) in [6.45, 7) is 3.97. The zero-order chi connectivity index (χ0) is 25.2. The van der Waals surface area contributed by atoms with Crippen LogP contribution in [-0.4, -0.2) is 53.2 Å². The molecular weight excluding hydrogens is 446 g/mol. The third kappa shape index (κ3) is 4.72. The molecule has 2 aromatic carbocycles. The summed E-state index contributed by atoms with van der Waals surface area (Å²) in [6, 6.07) is 16.1. The first-order valence-electron chi connectivity index (χ1n) is 11.8. The van der Waals surface area contributed by atoms with Gasteiger partial charge in [0.1, 0.15) is 18.7 Å². The second-order valence-corrected chi connectivity index (χ2v) is 9.77. The molecule has 2 aliphatic rings. The van der Waals surface area contributed by atoms with Crippen molar-refractivity contribution in [3.05, 3.63) is 59.7 Å². The standard InChI is InChI=1S/C27H29N3O5/c1-27(2)16-30(23(27)25(32)33)24(31)22(13-7-8-14-28)29-26(34)35-15-21-19-11-5-3-9-17(19)18-10-4-6-12-20(18)21/h3-6,9-12,21-23H,7-8,13,15-16H2,1-2H3,(H,29,34)(H,32,33). The van der Waals surface area contributed by atoms with E-state index < -0.39 is 35.5 Å². The Kier molecular flexibility index (Phi) is 6.79. The zero-order valence-corrected chi connectivity index (χ0v) is 19.9. The van der Waals surface area contributed by atoms with Gasteiger partial charge in [-0.1, -0.05) is 62.4 Å². The van der Waals surface area contributed by atoms with Crippen LogP contribution >= 0.6 is 0 Å². The Morgan fingerprint density at radius 3 is 2.29 bits per heavy atom. The lowest BCUT2D eigenvalue weighted by atomic mass is 9.74. The average Bonchev–Trinajstić information content (AvgIpc) is 3.14. The first kappa shape index (κ1) is 24.3.